The van der Waals surface area contributed by atoms with Crippen LogP contribution in [0.2, 0.25) is 0 Å². The number of rotatable bonds is 6. The first kappa shape index (κ1) is 26.3. The Labute approximate surface area is 215 Å². The fourth-order valence-corrected chi connectivity index (χ4v) is 9.07. The molecule has 2 unspecified atom stereocenters. The van der Waals surface area contributed by atoms with E-state index in [0.717, 1.165) is 56.9 Å². The van der Waals surface area contributed by atoms with Gasteiger partial charge in [0, 0.05) is 22.7 Å². The molecule has 36 heavy (non-hydrogen) atoms. The summed E-state index contributed by atoms with van der Waals surface area (Å²) in [6.07, 6.45) is 12.8. The Balaban J connectivity index is 1.49. The van der Waals surface area contributed by atoms with Gasteiger partial charge in [-0.3, -0.25) is 9.59 Å². The first-order valence-corrected chi connectivity index (χ1v) is 14.3. The van der Waals surface area contributed by atoms with Gasteiger partial charge in [0.15, 0.2) is 11.6 Å². The van der Waals surface area contributed by atoms with Gasteiger partial charge in [0.25, 0.3) is 5.97 Å². The van der Waals surface area contributed by atoms with Gasteiger partial charge < -0.3 is 19.7 Å². The predicted molar refractivity (Wildman–Crippen MR) is 136 cm³/mol. The number of ether oxygens (including phenoxy) is 2. The number of ketones is 2. The van der Waals surface area contributed by atoms with E-state index in [1.165, 1.54) is 0 Å². The van der Waals surface area contributed by atoms with E-state index < -0.39 is 23.1 Å². The van der Waals surface area contributed by atoms with Gasteiger partial charge in [0.2, 0.25) is 0 Å². The van der Waals surface area contributed by atoms with Gasteiger partial charge in [-0.2, -0.15) is 0 Å². The van der Waals surface area contributed by atoms with Crippen LogP contribution in [0.5, 0.6) is 0 Å². The van der Waals surface area contributed by atoms with Crippen LogP contribution in [-0.4, -0.2) is 46.1 Å². The van der Waals surface area contributed by atoms with Crippen LogP contribution in [-0.2, 0) is 19.1 Å². The minimum atomic E-state index is -1.78. The van der Waals surface area contributed by atoms with Crippen LogP contribution in [0.15, 0.2) is 23.8 Å². The van der Waals surface area contributed by atoms with E-state index in [4.69, 9.17) is 9.47 Å². The van der Waals surface area contributed by atoms with E-state index in [1.54, 1.807) is 12.2 Å². The van der Waals surface area contributed by atoms with E-state index >= 15 is 0 Å². The first-order chi connectivity index (χ1) is 17.0. The van der Waals surface area contributed by atoms with Crippen LogP contribution >= 0.6 is 0 Å². The fourth-order valence-electron chi connectivity index (χ4n) is 9.07. The molecule has 5 aliphatic rings. The van der Waals surface area contributed by atoms with E-state index in [9.17, 15) is 19.8 Å². The van der Waals surface area contributed by atoms with E-state index in [2.05, 4.69) is 27.7 Å². The summed E-state index contributed by atoms with van der Waals surface area (Å²) >= 11 is 0. The highest BCUT2D eigenvalue weighted by molar-refractivity contribution is 6.01. The summed E-state index contributed by atoms with van der Waals surface area (Å²) in [4.78, 5) is 25.7. The van der Waals surface area contributed by atoms with Crippen LogP contribution in [0.25, 0.3) is 0 Å². The van der Waals surface area contributed by atoms with Gasteiger partial charge in [-0.1, -0.05) is 58.6 Å². The van der Waals surface area contributed by atoms with Gasteiger partial charge in [-0.05, 0) is 68.9 Å². The summed E-state index contributed by atoms with van der Waals surface area (Å²) in [6, 6.07) is 0. The lowest BCUT2D eigenvalue weighted by atomic mass is 9.46. The number of carbonyl (C=O) groups is 2. The minimum Gasteiger partial charge on any atom is -0.393 e. The molecule has 6 heteroatoms. The highest BCUT2D eigenvalue weighted by atomic mass is 16.8. The summed E-state index contributed by atoms with van der Waals surface area (Å²) in [5.74, 6) is -1.62. The summed E-state index contributed by atoms with van der Waals surface area (Å²) in [5.41, 5.74) is -0.960. The van der Waals surface area contributed by atoms with Crippen LogP contribution in [0, 0.1) is 34.5 Å². The second-order valence-corrected chi connectivity index (χ2v) is 12.6. The smallest absolute Gasteiger partial charge is 0.284 e. The molecule has 2 N–H and O–H groups in total. The predicted octanol–water partition coefficient (Wildman–Crippen LogP) is 4.87. The van der Waals surface area contributed by atoms with Crippen molar-refractivity contribution in [3.8, 4) is 0 Å². The maximum Gasteiger partial charge on any atom is 0.284 e. The maximum atomic E-state index is 13.7. The van der Waals surface area contributed by atoms with Crippen molar-refractivity contribution >= 4 is 11.6 Å². The highest BCUT2D eigenvalue weighted by Gasteiger charge is 2.72. The molecule has 1 saturated heterocycles. The molecule has 4 aliphatic carbocycles. The molecule has 3 saturated carbocycles. The molecule has 200 valence electrons. The zero-order valence-electron chi connectivity index (χ0n) is 22.4. The molecule has 1 spiro atoms. The SMILES string of the molecule is CCCCC(CCC)C1(O)OCC(=O)[C@]2(CC[C@H]3[C@@H]4CCC5=CC(=O)C=C[C@]5(C)[C@H]4[C@@H](O)C[C@@]32C)O1. The van der Waals surface area contributed by atoms with Gasteiger partial charge in [-0.25, -0.2) is 0 Å². The molecule has 0 radical (unpaired) electrons. The largest absolute Gasteiger partial charge is 0.393 e. The van der Waals surface area contributed by atoms with Crippen LogP contribution < -0.4 is 0 Å². The highest BCUT2D eigenvalue weighted by Crippen LogP contribution is 2.69. The third-order valence-electron chi connectivity index (χ3n) is 10.9. The van der Waals surface area contributed by atoms with Crippen molar-refractivity contribution in [2.24, 2.45) is 34.5 Å². The van der Waals surface area contributed by atoms with Crippen molar-refractivity contribution in [1.82, 2.24) is 0 Å². The van der Waals surface area contributed by atoms with Crippen molar-refractivity contribution in [2.75, 3.05) is 6.61 Å². The number of Topliss-reactive ketones (excluding diaryl/α,β-unsaturated/α-hetero) is 1. The van der Waals surface area contributed by atoms with Crippen molar-refractivity contribution < 1.29 is 29.3 Å². The zero-order chi connectivity index (χ0) is 25.9. The van der Waals surface area contributed by atoms with Gasteiger partial charge in [0.1, 0.15) is 12.2 Å². The van der Waals surface area contributed by atoms with Crippen molar-refractivity contribution in [1.29, 1.82) is 0 Å². The number of allylic oxidation sites excluding steroid dienone is 4. The molecule has 9 atom stereocenters. The maximum absolute atomic E-state index is 13.7. The number of aliphatic hydroxyl groups excluding tert-OH is 1. The molecule has 1 heterocycles. The summed E-state index contributed by atoms with van der Waals surface area (Å²) in [7, 11) is 0. The Kier molecular flexibility index (Phi) is 6.67. The molecular formula is C30H44O6. The van der Waals surface area contributed by atoms with Crippen molar-refractivity contribution in [3.05, 3.63) is 23.8 Å². The van der Waals surface area contributed by atoms with E-state index in [0.29, 0.717) is 12.8 Å². The third kappa shape index (κ3) is 3.65. The number of carbonyl (C=O) groups excluding carboxylic acids is 2. The molecule has 4 fully saturated rings. The Hall–Kier alpha value is -1.34. The zero-order valence-corrected chi connectivity index (χ0v) is 22.4. The second-order valence-electron chi connectivity index (χ2n) is 12.6. The summed E-state index contributed by atoms with van der Waals surface area (Å²) in [6.45, 7) is 8.35. The van der Waals surface area contributed by atoms with E-state index in [1.807, 2.05) is 6.08 Å². The van der Waals surface area contributed by atoms with Gasteiger partial charge in [0.05, 0.1) is 6.10 Å². The number of hydrogen-bond acceptors (Lipinski definition) is 6. The Morgan fingerprint density at radius 3 is 2.64 bits per heavy atom. The molecule has 0 aromatic carbocycles. The molecule has 6 nitrogen and oxygen atoms in total. The van der Waals surface area contributed by atoms with Crippen molar-refractivity contribution in [2.45, 2.75) is 110 Å². The lowest BCUT2D eigenvalue weighted by Crippen LogP contribution is -2.68. The summed E-state index contributed by atoms with van der Waals surface area (Å²) < 4.78 is 12.4. The number of aliphatic hydroxyl groups is 2. The first-order valence-electron chi connectivity index (χ1n) is 14.3. The molecule has 0 aromatic rings. The molecular weight excluding hydrogens is 456 g/mol. The third-order valence-corrected chi connectivity index (χ3v) is 10.9. The molecule has 0 aromatic heterocycles. The minimum absolute atomic E-state index is 0.00120. The van der Waals surface area contributed by atoms with Gasteiger partial charge in [-0.15, -0.1) is 0 Å². The van der Waals surface area contributed by atoms with Crippen LogP contribution in [0.1, 0.15) is 91.9 Å². The quantitative estimate of drug-likeness (QED) is 0.540. The average Bonchev–Trinajstić information content (AvgIpc) is 3.11. The molecule has 1 aliphatic heterocycles. The number of fused-ring (bicyclic) bond motifs is 6. The Bertz CT molecular complexity index is 970. The topological polar surface area (TPSA) is 93.1 Å². The monoisotopic (exact) mass is 500 g/mol. The normalized spacial score (nSPS) is 46.8. The number of hydrogen-bond donors (Lipinski definition) is 2. The van der Waals surface area contributed by atoms with Crippen molar-refractivity contribution in [3.63, 3.8) is 0 Å². The number of unbranched alkanes of at least 4 members (excludes halogenated alkanes) is 1. The summed E-state index contributed by atoms with van der Waals surface area (Å²) in [5, 5.41) is 23.5. The van der Waals surface area contributed by atoms with E-state index in [-0.39, 0.29) is 47.3 Å². The Morgan fingerprint density at radius 2 is 1.92 bits per heavy atom. The second kappa shape index (κ2) is 9.14. The molecule has 5 rings (SSSR count). The lowest BCUT2D eigenvalue weighted by Gasteiger charge is -2.61. The Morgan fingerprint density at radius 1 is 1.14 bits per heavy atom. The van der Waals surface area contributed by atoms with Crippen LogP contribution in [0.4, 0.5) is 0 Å². The molecule has 0 bridgehead atoms. The molecule has 0 amide bonds. The van der Waals surface area contributed by atoms with Gasteiger partial charge >= 0.3 is 0 Å². The average molecular weight is 501 g/mol. The fraction of sp³-hybridized carbons (Fsp3) is 0.800. The standard InChI is InChI=1S/C30H44O6/c1-5-7-9-19(8-6-2)30(34)35-18-25(33)29(36-30)15-13-23-22-11-10-20-16-21(31)12-14-27(20,3)26(22)24(32)17-28(23,29)4/h12,14,16,19,22-24,26,32,34H,5-11,13,15,17-18H2,1-4H3/t19?,22-,23-,24-,26+,27-,28-,29-,30?/m0/s1. The van der Waals surface area contributed by atoms with Crippen LogP contribution in [0.3, 0.4) is 0 Å². The lowest BCUT2D eigenvalue weighted by molar-refractivity contribution is -0.437.